The van der Waals surface area contributed by atoms with Gasteiger partial charge in [0.15, 0.2) is 0 Å². The van der Waals surface area contributed by atoms with E-state index in [4.69, 9.17) is 0 Å². The predicted molar refractivity (Wildman–Crippen MR) is 77.5 cm³/mol. The Bertz CT molecular complexity index is 472. The van der Waals surface area contributed by atoms with Crippen LogP contribution < -0.4 is 0 Å². The first-order valence-electron chi connectivity index (χ1n) is 5.65. The molecule has 0 fully saturated rings. The Morgan fingerprint density at radius 3 is 2.72 bits per heavy atom. The monoisotopic (exact) mass is 326 g/mol. The first kappa shape index (κ1) is 13.7. The number of nitrogens with zero attached hydrogens (tertiary/aromatic N) is 2. The molecular formula is C13H15BrN2OS. The second-order valence-electron chi connectivity index (χ2n) is 4.19. The maximum absolute atomic E-state index is 10.1. The van der Waals surface area contributed by atoms with Gasteiger partial charge in [-0.15, -0.1) is 11.3 Å². The van der Waals surface area contributed by atoms with Gasteiger partial charge in [-0.25, -0.2) is 4.98 Å². The molecule has 0 saturated carbocycles. The topological polar surface area (TPSA) is 36.4 Å². The van der Waals surface area contributed by atoms with E-state index < -0.39 is 6.10 Å². The number of benzene rings is 1. The lowest BCUT2D eigenvalue weighted by Crippen LogP contribution is -2.24. The molecule has 0 aliphatic heterocycles. The molecule has 1 aromatic carbocycles. The van der Waals surface area contributed by atoms with Gasteiger partial charge in [-0.05, 0) is 24.7 Å². The van der Waals surface area contributed by atoms with E-state index in [0.717, 1.165) is 21.6 Å². The molecule has 1 unspecified atom stereocenters. The van der Waals surface area contributed by atoms with Crippen LogP contribution in [0.2, 0.25) is 0 Å². The molecule has 0 saturated heterocycles. The number of aromatic nitrogens is 1. The van der Waals surface area contributed by atoms with Crippen molar-refractivity contribution in [2.45, 2.75) is 12.6 Å². The smallest absolute Gasteiger partial charge is 0.107 e. The van der Waals surface area contributed by atoms with Gasteiger partial charge in [0, 0.05) is 22.6 Å². The fourth-order valence-corrected chi connectivity index (χ4v) is 2.67. The summed E-state index contributed by atoms with van der Waals surface area (Å²) in [5, 5.41) is 13.2. The summed E-state index contributed by atoms with van der Waals surface area (Å²) in [7, 11) is 1.99. The van der Waals surface area contributed by atoms with Crippen molar-refractivity contribution in [3.05, 3.63) is 50.9 Å². The lowest BCUT2D eigenvalue weighted by atomic mass is 10.1. The largest absolute Gasteiger partial charge is 0.387 e. The second-order valence-corrected chi connectivity index (χ2v) is 6.08. The van der Waals surface area contributed by atoms with Gasteiger partial charge < -0.3 is 5.11 Å². The summed E-state index contributed by atoms with van der Waals surface area (Å²) in [5.41, 5.74) is 0.934. The van der Waals surface area contributed by atoms with Crippen LogP contribution in [-0.4, -0.2) is 28.6 Å². The summed E-state index contributed by atoms with van der Waals surface area (Å²) in [6.45, 7) is 1.37. The maximum atomic E-state index is 10.1. The van der Waals surface area contributed by atoms with Crippen LogP contribution in [0.25, 0.3) is 0 Å². The average Bonchev–Trinajstić information content (AvgIpc) is 2.82. The molecule has 2 aromatic rings. The van der Waals surface area contributed by atoms with Gasteiger partial charge in [0.2, 0.25) is 0 Å². The van der Waals surface area contributed by atoms with Crippen LogP contribution in [0.1, 0.15) is 16.7 Å². The Morgan fingerprint density at radius 1 is 1.39 bits per heavy atom. The van der Waals surface area contributed by atoms with Gasteiger partial charge in [-0.2, -0.15) is 0 Å². The fraction of sp³-hybridized carbons (Fsp3) is 0.308. The Balaban J connectivity index is 1.90. The molecule has 5 heteroatoms. The molecule has 0 aliphatic carbocycles. The summed E-state index contributed by atoms with van der Waals surface area (Å²) >= 11 is 5.02. The number of aliphatic hydroxyl groups is 1. The van der Waals surface area contributed by atoms with Gasteiger partial charge >= 0.3 is 0 Å². The number of thiazole rings is 1. The summed E-state index contributed by atoms with van der Waals surface area (Å²) in [6, 6.07) is 7.76. The molecule has 1 atom stereocenters. The van der Waals surface area contributed by atoms with Gasteiger partial charge in [0.05, 0.1) is 12.6 Å². The summed E-state index contributed by atoms with van der Waals surface area (Å²) in [4.78, 5) is 6.31. The normalized spacial score (nSPS) is 12.9. The van der Waals surface area contributed by atoms with Gasteiger partial charge in [0.1, 0.15) is 5.01 Å². The van der Waals surface area contributed by atoms with Crippen LogP contribution in [0.3, 0.4) is 0 Å². The zero-order chi connectivity index (χ0) is 13.0. The van der Waals surface area contributed by atoms with E-state index in [-0.39, 0.29) is 0 Å². The average molecular weight is 327 g/mol. The van der Waals surface area contributed by atoms with Crippen molar-refractivity contribution in [3.8, 4) is 0 Å². The number of rotatable bonds is 5. The molecule has 3 nitrogen and oxygen atoms in total. The minimum absolute atomic E-state index is 0.469. The van der Waals surface area contributed by atoms with Crippen LogP contribution in [0, 0.1) is 0 Å². The van der Waals surface area contributed by atoms with E-state index in [1.807, 2.05) is 36.7 Å². The number of hydrogen-bond acceptors (Lipinski definition) is 4. The van der Waals surface area contributed by atoms with Crippen LogP contribution in [0.5, 0.6) is 0 Å². The van der Waals surface area contributed by atoms with Crippen molar-refractivity contribution < 1.29 is 5.11 Å². The Morgan fingerprint density at radius 2 is 2.11 bits per heavy atom. The highest BCUT2D eigenvalue weighted by Crippen LogP contribution is 2.18. The minimum atomic E-state index is -0.469. The van der Waals surface area contributed by atoms with Gasteiger partial charge in [0.25, 0.3) is 0 Å². The summed E-state index contributed by atoms with van der Waals surface area (Å²) in [5.74, 6) is 0. The molecule has 18 heavy (non-hydrogen) atoms. The van der Waals surface area contributed by atoms with E-state index in [9.17, 15) is 5.11 Å². The van der Waals surface area contributed by atoms with E-state index in [1.54, 1.807) is 17.5 Å². The second kappa shape index (κ2) is 6.43. The maximum Gasteiger partial charge on any atom is 0.107 e. The lowest BCUT2D eigenvalue weighted by Gasteiger charge is -2.19. The van der Waals surface area contributed by atoms with E-state index in [1.165, 1.54) is 0 Å². The molecule has 96 valence electrons. The molecular weight excluding hydrogens is 312 g/mol. The van der Waals surface area contributed by atoms with Crippen molar-refractivity contribution >= 4 is 27.3 Å². The quantitative estimate of drug-likeness (QED) is 0.917. The van der Waals surface area contributed by atoms with Gasteiger partial charge in [-0.1, -0.05) is 28.1 Å². The Kier molecular flexibility index (Phi) is 4.88. The molecule has 0 radical (unpaired) electrons. The highest BCUT2D eigenvalue weighted by atomic mass is 79.9. The number of likely N-dealkylation sites (N-methyl/N-ethyl adjacent to an activating group) is 1. The highest BCUT2D eigenvalue weighted by Gasteiger charge is 2.11. The van der Waals surface area contributed by atoms with E-state index in [0.29, 0.717) is 6.54 Å². The van der Waals surface area contributed by atoms with Crippen molar-refractivity contribution in [1.82, 2.24) is 9.88 Å². The molecule has 1 N–H and O–H groups in total. The fourth-order valence-electron chi connectivity index (χ4n) is 1.71. The van der Waals surface area contributed by atoms with Gasteiger partial charge in [-0.3, -0.25) is 4.90 Å². The standard InChI is InChI=1S/C13H15BrN2OS/c1-16(9-13-15-6-7-18-13)8-12(17)10-2-4-11(14)5-3-10/h2-7,12,17H,8-9H2,1H3. The zero-order valence-electron chi connectivity index (χ0n) is 10.1. The van der Waals surface area contributed by atoms with Crippen LogP contribution in [-0.2, 0) is 6.54 Å². The number of halogens is 1. The van der Waals surface area contributed by atoms with E-state index >= 15 is 0 Å². The molecule has 1 heterocycles. The Labute approximate surface area is 119 Å². The lowest BCUT2D eigenvalue weighted by molar-refractivity contribution is 0.124. The van der Waals surface area contributed by atoms with Crippen LogP contribution in [0.15, 0.2) is 40.3 Å². The van der Waals surface area contributed by atoms with Crippen molar-refractivity contribution in [3.63, 3.8) is 0 Å². The van der Waals surface area contributed by atoms with Crippen LogP contribution >= 0.6 is 27.3 Å². The third kappa shape index (κ3) is 3.88. The first-order valence-corrected chi connectivity index (χ1v) is 7.33. The molecule has 0 bridgehead atoms. The third-order valence-electron chi connectivity index (χ3n) is 2.63. The van der Waals surface area contributed by atoms with Crippen molar-refractivity contribution in [2.24, 2.45) is 0 Å². The molecule has 0 amide bonds. The zero-order valence-corrected chi connectivity index (χ0v) is 12.5. The number of hydrogen-bond donors (Lipinski definition) is 1. The summed E-state index contributed by atoms with van der Waals surface area (Å²) < 4.78 is 1.02. The number of aliphatic hydroxyl groups excluding tert-OH is 1. The van der Waals surface area contributed by atoms with Crippen molar-refractivity contribution in [1.29, 1.82) is 0 Å². The molecule has 1 aromatic heterocycles. The molecule has 0 spiro atoms. The SMILES string of the molecule is CN(Cc1nccs1)CC(O)c1ccc(Br)cc1. The van der Waals surface area contributed by atoms with Crippen molar-refractivity contribution in [2.75, 3.05) is 13.6 Å². The summed E-state index contributed by atoms with van der Waals surface area (Å²) in [6.07, 6.45) is 1.34. The molecule has 0 aliphatic rings. The highest BCUT2D eigenvalue weighted by molar-refractivity contribution is 9.10. The van der Waals surface area contributed by atoms with Crippen LogP contribution in [0.4, 0.5) is 0 Å². The Hall–Kier alpha value is -0.750. The first-order chi connectivity index (χ1) is 8.65. The third-order valence-corrected chi connectivity index (χ3v) is 3.92. The minimum Gasteiger partial charge on any atom is -0.387 e. The molecule has 2 rings (SSSR count). The van der Waals surface area contributed by atoms with E-state index in [2.05, 4.69) is 25.8 Å². The predicted octanol–water partition coefficient (Wildman–Crippen LogP) is 3.07.